The molecule has 3 aliphatic rings. The third-order valence-corrected chi connectivity index (χ3v) is 9.45. The molecule has 7 rings (SSSR count). The summed E-state index contributed by atoms with van der Waals surface area (Å²) in [6.07, 6.45) is 4.66. The molecule has 4 aromatic rings. The normalized spacial score (nSPS) is 20.2. The van der Waals surface area contributed by atoms with Gasteiger partial charge in [-0.15, -0.1) is 0 Å². The summed E-state index contributed by atoms with van der Waals surface area (Å²) < 4.78 is 39.0. The number of nitrogens with one attached hydrogen (secondary N) is 1. The van der Waals surface area contributed by atoms with Gasteiger partial charge in [-0.1, -0.05) is 41.9 Å². The third-order valence-electron chi connectivity index (χ3n) is 9.14. The highest BCUT2D eigenvalue weighted by molar-refractivity contribution is 6.36. The van der Waals surface area contributed by atoms with Gasteiger partial charge < -0.3 is 15.0 Å². The van der Waals surface area contributed by atoms with E-state index >= 15 is 8.78 Å². The Morgan fingerprint density at radius 3 is 2.67 bits per heavy atom. The monoisotopic (exact) mass is 588 g/mol. The zero-order valence-corrected chi connectivity index (χ0v) is 23.9. The van der Waals surface area contributed by atoms with Crippen molar-refractivity contribution in [2.24, 2.45) is 0 Å². The molecule has 0 spiro atoms. The molecule has 0 saturated carbocycles. The number of hydrogen-bond acceptors (Lipinski definition) is 7. The van der Waals surface area contributed by atoms with Crippen LogP contribution in [0.2, 0.25) is 5.02 Å². The summed E-state index contributed by atoms with van der Waals surface area (Å²) in [6, 6.07) is 14.2. The quantitative estimate of drug-likeness (QED) is 0.292. The van der Waals surface area contributed by atoms with Crippen LogP contribution < -0.4 is 15.0 Å². The highest BCUT2D eigenvalue weighted by Crippen LogP contribution is 2.42. The molecule has 3 saturated heterocycles. The van der Waals surface area contributed by atoms with Crippen LogP contribution >= 0.6 is 11.6 Å². The first-order valence-electron chi connectivity index (χ1n) is 14.6. The molecule has 0 bridgehead atoms. The zero-order valence-electron chi connectivity index (χ0n) is 23.2. The van der Waals surface area contributed by atoms with Gasteiger partial charge in [0, 0.05) is 41.5 Å². The molecule has 10 heteroatoms. The maximum Gasteiger partial charge on any atom is 0.319 e. The number of nitrogens with zero attached hydrogens (tertiary/aromatic N) is 5. The van der Waals surface area contributed by atoms with E-state index in [9.17, 15) is 5.26 Å². The molecule has 216 valence electrons. The summed E-state index contributed by atoms with van der Waals surface area (Å²) >= 11 is 6.54. The Morgan fingerprint density at radius 2 is 1.88 bits per heavy atom. The van der Waals surface area contributed by atoms with Gasteiger partial charge in [0.05, 0.1) is 23.6 Å². The summed E-state index contributed by atoms with van der Waals surface area (Å²) in [5.74, 6) is -1.09. The van der Waals surface area contributed by atoms with E-state index in [0.717, 1.165) is 44.2 Å². The predicted molar refractivity (Wildman–Crippen MR) is 160 cm³/mol. The van der Waals surface area contributed by atoms with Crippen LogP contribution in [0.25, 0.3) is 32.8 Å². The molecule has 0 aliphatic carbocycles. The van der Waals surface area contributed by atoms with Crippen LogP contribution in [0.3, 0.4) is 0 Å². The van der Waals surface area contributed by atoms with Gasteiger partial charge in [-0.2, -0.15) is 15.2 Å². The number of fused-ring (bicyclic) bond motifs is 3. The number of ether oxygens (including phenoxy) is 1. The van der Waals surface area contributed by atoms with Crippen LogP contribution in [0.1, 0.15) is 32.1 Å². The van der Waals surface area contributed by atoms with Crippen molar-refractivity contribution in [3.8, 4) is 23.2 Å². The van der Waals surface area contributed by atoms with Crippen molar-refractivity contribution in [2.75, 3.05) is 44.2 Å². The molecule has 3 fully saturated rings. The largest absolute Gasteiger partial charge is 0.461 e. The summed E-state index contributed by atoms with van der Waals surface area (Å²) in [5.41, 5.74) is 0.131. The number of hydrogen-bond donors (Lipinski definition) is 1. The average molecular weight is 589 g/mol. The van der Waals surface area contributed by atoms with Gasteiger partial charge in [-0.25, -0.2) is 8.78 Å². The van der Waals surface area contributed by atoms with Gasteiger partial charge in [0.2, 0.25) is 0 Å². The zero-order chi connectivity index (χ0) is 28.8. The van der Waals surface area contributed by atoms with E-state index in [2.05, 4.69) is 21.3 Å². The number of rotatable bonds is 6. The fourth-order valence-corrected chi connectivity index (χ4v) is 7.42. The van der Waals surface area contributed by atoms with E-state index in [1.54, 1.807) is 18.2 Å². The van der Waals surface area contributed by atoms with Crippen molar-refractivity contribution >= 4 is 39.1 Å². The van der Waals surface area contributed by atoms with Crippen molar-refractivity contribution in [3.05, 3.63) is 59.1 Å². The van der Waals surface area contributed by atoms with Crippen molar-refractivity contribution in [3.63, 3.8) is 0 Å². The fraction of sp³-hybridized carbons (Fsp3) is 0.406. The molecule has 7 nitrogen and oxygen atoms in total. The Hall–Kier alpha value is -3.58. The minimum Gasteiger partial charge on any atom is -0.461 e. The minimum atomic E-state index is -0.781. The lowest BCUT2D eigenvalue weighted by Gasteiger charge is -2.34. The number of aromatic nitrogens is 2. The first-order chi connectivity index (χ1) is 20.5. The van der Waals surface area contributed by atoms with E-state index in [-0.39, 0.29) is 34.1 Å². The second-order valence-corrected chi connectivity index (χ2v) is 12.0. The van der Waals surface area contributed by atoms with Gasteiger partial charge >= 0.3 is 6.01 Å². The second kappa shape index (κ2) is 10.9. The van der Waals surface area contributed by atoms with Crippen LogP contribution in [0.5, 0.6) is 6.01 Å². The Kier molecular flexibility index (Phi) is 7.09. The highest BCUT2D eigenvalue weighted by Gasteiger charge is 2.45. The van der Waals surface area contributed by atoms with E-state index in [0.29, 0.717) is 54.5 Å². The van der Waals surface area contributed by atoms with Crippen LogP contribution in [0.15, 0.2) is 42.5 Å². The molecule has 1 atom stereocenters. The summed E-state index contributed by atoms with van der Waals surface area (Å²) in [5, 5.41) is 14.7. The van der Waals surface area contributed by atoms with Crippen LogP contribution in [-0.2, 0) is 0 Å². The number of nitriles is 1. The van der Waals surface area contributed by atoms with Crippen molar-refractivity contribution in [1.82, 2.24) is 20.2 Å². The maximum atomic E-state index is 16.6. The number of benzene rings is 3. The molecular formula is C32H31ClF2N6O. The smallest absolute Gasteiger partial charge is 0.319 e. The Balaban J connectivity index is 1.37. The minimum absolute atomic E-state index is 0.00183. The molecule has 42 heavy (non-hydrogen) atoms. The van der Waals surface area contributed by atoms with Gasteiger partial charge in [0.25, 0.3) is 0 Å². The lowest BCUT2D eigenvalue weighted by Crippen LogP contribution is -2.51. The number of piperazine rings is 1. The SMILES string of the molecule is N#CC[C@H]1CN(c2nc(OCC34CCCN3CCC4)nc3c(F)c(-c4cccc5cccc(Cl)c45)c(F)cc23)CCN1. The van der Waals surface area contributed by atoms with Crippen LogP contribution in [0.4, 0.5) is 14.6 Å². The molecule has 0 unspecified atom stereocenters. The Morgan fingerprint density at radius 1 is 1.10 bits per heavy atom. The molecular weight excluding hydrogens is 558 g/mol. The van der Waals surface area contributed by atoms with Gasteiger partial charge in [0.15, 0.2) is 5.82 Å². The maximum absolute atomic E-state index is 16.6. The van der Waals surface area contributed by atoms with Gasteiger partial charge in [-0.05, 0) is 61.9 Å². The number of anilines is 1. The highest BCUT2D eigenvalue weighted by atomic mass is 35.5. The van der Waals surface area contributed by atoms with Crippen LogP contribution in [0, 0.1) is 23.0 Å². The molecule has 1 aromatic heterocycles. The van der Waals surface area contributed by atoms with E-state index < -0.39 is 11.6 Å². The fourth-order valence-electron chi connectivity index (χ4n) is 7.14. The lowest BCUT2D eigenvalue weighted by molar-refractivity contribution is 0.108. The van der Waals surface area contributed by atoms with E-state index in [1.165, 1.54) is 6.07 Å². The van der Waals surface area contributed by atoms with Gasteiger partial charge in [0.1, 0.15) is 23.8 Å². The first-order valence-corrected chi connectivity index (χ1v) is 15.0. The van der Waals surface area contributed by atoms with E-state index in [4.69, 9.17) is 21.3 Å². The predicted octanol–water partition coefficient (Wildman–Crippen LogP) is 6.08. The number of halogens is 3. The Labute approximate surface area is 248 Å². The van der Waals surface area contributed by atoms with E-state index in [1.807, 2.05) is 23.1 Å². The van der Waals surface area contributed by atoms with Crippen molar-refractivity contribution in [2.45, 2.75) is 43.7 Å². The van der Waals surface area contributed by atoms with Gasteiger partial charge in [-0.3, -0.25) is 4.90 Å². The first kappa shape index (κ1) is 27.3. The summed E-state index contributed by atoms with van der Waals surface area (Å²) in [4.78, 5) is 13.8. The third kappa shape index (κ3) is 4.62. The molecule has 3 aromatic carbocycles. The molecule has 0 radical (unpaired) electrons. The molecule has 1 N–H and O–H groups in total. The molecule has 0 amide bonds. The van der Waals surface area contributed by atoms with Crippen LogP contribution in [-0.4, -0.2) is 65.8 Å². The standard InChI is InChI=1S/C32H31ClF2N6O/c33-24-8-2-6-20-5-1-7-22(26(20)24)27-25(34)17-23-29(28(27)35)38-31(42-19-32-10-3-14-41(32)15-4-11-32)39-30(23)40-16-13-37-21(18-40)9-12-36/h1-2,5-8,17,21,37H,3-4,9-11,13-16,18-19H2/t21-/m0/s1. The molecule has 4 heterocycles. The van der Waals surface area contributed by atoms with Crippen molar-refractivity contribution < 1.29 is 13.5 Å². The second-order valence-electron chi connectivity index (χ2n) is 11.6. The lowest BCUT2D eigenvalue weighted by atomic mass is 9.95. The molecule has 3 aliphatic heterocycles. The summed E-state index contributed by atoms with van der Waals surface area (Å²) in [6.45, 7) is 4.18. The average Bonchev–Trinajstić information content (AvgIpc) is 3.57. The van der Waals surface area contributed by atoms with Crippen molar-refractivity contribution in [1.29, 1.82) is 5.26 Å². The topological polar surface area (TPSA) is 77.3 Å². The summed E-state index contributed by atoms with van der Waals surface area (Å²) in [7, 11) is 0. The Bertz CT molecular complexity index is 1710.